The highest BCUT2D eigenvalue weighted by Gasteiger charge is 2.43. The minimum Gasteiger partial charge on any atom is -0.497 e. The van der Waals surface area contributed by atoms with Gasteiger partial charge in [-0.3, -0.25) is 4.98 Å². The minimum atomic E-state index is -1.07. The van der Waals surface area contributed by atoms with Crippen LogP contribution in [0.4, 0.5) is 0 Å². The van der Waals surface area contributed by atoms with Crippen molar-refractivity contribution in [1.29, 1.82) is 0 Å². The molecule has 1 aliphatic carbocycles. The number of aliphatic hydroxyl groups excluding tert-OH is 1. The molecule has 4 rings (SSSR count). The molecule has 0 amide bonds. The lowest BCUT2D eigenvalue weighted by Gasteiger charge is -2.36. The number of methoxy groups -OCH3 is 1. The lowest BCUT2D eigenvalue weighted by molar-refractivity contribution is 0.178. The van der Waals surface area contributed by atoms with E-state index in [1.54, 1.807) is 37.2 Å². The third-order valence-electron chi connectivity index (χ3n) is 5.54. The van der Waals surface area contributed by atoms with Crippen molar-refractivity contribution in [3.05, 3.63) is 117 Å². The Labute approximate surface area is 228 Å². The first-order valence-electron chi connectivity index (χ1n) is 10.9. The average molecular weight is 593 g/mol. The molecule has 0 aliphatic heterocycles. The van der Waals surface area contributed by atoms with Crippen LogP contribution in [0.3, 0.4) is 0 Å². The summed E-state index contributed by atoms with van der Waals surface area (Å²) in [5.74, 6) is 2.01. The summed E-state index contributed by atoms with van der Waals surface area (Å²) in [6, 6.07) is 23.1. The molecule has 0 spiro atoms. The zero-order chi connectivity index (χ0) is 24.8. The molecular formula is C27H24BrCl2NO3S. The SMILES string of the molecule is COc1ccc(CSC2(Br)CC(Cl)=C(C(O)c3ccccn3)C(Cl)=C2OCc2ccccc2)cc1. The molecule has 0 fully saturated rings. The van der Waals surface area contributed by atoms with E-state index in [2.05, 4.69) is 20.9 Å². The molecule has 35 heavy (non-hydrogen) atoms. The van der Waals surface area contributed by atoms with E-state index in [-0.39, 0.29) is 5.03 Å². The molecule has 1 N–H and O–H groups in total. The molecule has 4 nitrogen and oxygen atoms in total. The van der Waals surface area contributed by atoms with Crippen molar-refractivity contribution < 1.29 is 14.6 Å². The molecule has 8 heteroatoms. The molecule has 0 bridgehead atoms. The molecule has 0 saturated carbocycles. The third-order valence-corrected chi connectivity index (χ3v) is 8.85. The van der Waals surface area contributed by atoms with Crippen LogP contribution in [0.2, 0.25) is 0 Å². The van der Waals surface area contributed by atoms with Crippen molar-refractivity contribution in [3.63, 3.8) is 0 Å². The fraction of sp³-hybridized carbons (Fsp3) is 0.222. The molecule has 2 unspecified atom stereocenters. The number of hydrogen-bond acceptors (Lipinski definition) is 5. The summed E-state index contributed by atoms with van der Waals surface area (Å²) >= 11 is 19.2. The number of aromatic nitrogens is 1. The van der Waals surface area contributed by atoms with Crippen molar-refractivity contribution in [3.8, 4) is 5.75 Å². The first-order chi connectivity index (χ1) is 16.9. The lowest BCUT2D eigenvalue weighted by atomic mass is 9.97. The Morgan fingerprint density at radius 3 is 2.40 bits per heavy atom. The molecule has 1 aromatic heterocycles. The van der Waals surface area contributed by atoms with Crippen LogP contribution in [0, 0.1) is 0 Å². The number of halogens is 3. The van der Waals surface area contributed by atoms with Crippen molar-refractivity contribution in [2.45, 2.75) is 28.5 Å². The van der Waals surface area contributed by atoms with Crippen LogP contribution < -0.4 is 4.74 Å². The summed E-state index contributed by atoms with van der Waals surface area (Å²) in [6.07, 6.45) is 0.935. The molecule has 3 aromatic rings. The summed E-state index contributed by atoms with van der Waals surface area (Å²) in [5.41, 5.74) is 3.00. The first kappa shape index (κ1) is 26.1. The molecule has 0 saturated heterocycles. The highest BCUT2D eigenvalue weighted by molar-refractivity contribution is 9.12. The first-order valence-corrected chi connectivity index (χ1v) is 13.5. The highest BCUT2D eigenvalue weighted by atomic mass is 79.9. The second-order valence-electron chi connectivity index (χ2n) is 7.94. The van der Waals surface area contributed by atoms with E-state index in [0.29, 0.717) is 40.8 Å². The number of alkyl halides is 1. The van der Waals surface area contributed by atoms with Crippen LogP contribution in [-0.4, -0.2) is 20.9 Å². The summed E-state index contributed by atoms with van der Waals surface area (Å²) in [4.78, 5) is 4.28. The Bertz CT molecular complexity index is 1210. The Balaban J connectivity index is 1.65. The molecule has 0 radical (unpaired) electrons. The summed E-state index contributed by atoms with van der Waals surface area (Å²) in [6.45, 7) is 0.327. The average Bonchev–Trinajstić information content (AvgIpc) is 2.88. The maximum atomic E-state index is 11.1. The Morgan fingerprint density at radius 2 is 1.74 bits per heavy atom. The van der Waals surface area contributed by atoms with E-state index in [1.807, 2.05) is 60.7 Å². The predicted octanol–water partition coefficient (Wildman–Crippen LogP) is 7.71. The van der Waals surface area contributed by atoms with Crippen LogP contribution in [0.25, 0.3) is 0 Å². The van der Waals surface area contributed by atoms with Gasteiger partial charge in [0.1, 0.15) is 27.9 Å². The van der Waals surface area contributed by atoms with Gasteiger partial charge in [-0.25, -0.2) is 0 Å². The smallest absolute Gasteiger partial charge is 0.143 e. The van der Waals surface area contributed by atoms with Crippen LogP contribution >= 0.6 is 50.9 Å². The zero-order valence-corrected chi connectivity index (χ0v) is 22.9. The third kappa shape index (κ3) is 6.25. The van der Waals surface area contributed by atoms with Gasteiger partial charge in [-0.1, -0.05) is 87.7 Å². The van der Waals surface area contributed by atoms with Crippen molar-refractivity contribution in [1.82, 2.24) is 4.98 Å². The number of aliphatic hydroxyl groups is 1. The van der Waals surface area contributed by atoms with E-state index < -0.39 is 9.76 Å². The van der Waals surface area contributed by atoms with E-state index >= 15 is 0 Å². The second kappa shape index (κ2) is 11.8. The number of ether oxygens (including phenoxy) is 2. The van der Waals surface area contributed by atoms with Gasteiger partial charge in [0.15, 0.2) is 0 Å². The van der Waals surface area contributed by atoms with Crippen LogP contribution in [-0.2, 0) is 17.1 Å². The van der Waals surface area contributed by atoms with Gasteiger partial charge < -0.3 is 14.6 Å². The fourth-order valence-corrected chi connectivity index (χ4v) is 7.02. The number of allylic oxidation sites excluding steroid dienone is 1. The van der Waals surface area contributed by atoms with E-state index in [0.717, 1.165) is 16.9 Å². The maximum absolute atomic E-state index is 11.1. The summed E-state index contributed by atoms with van der Waals surface area (Å²) in [5, 5.41) is 11.8. The van der Waals surface area contributed by atoms with Gasteiger partial charge in [0.2, 0.25) is 0 Å². The van der Waals surface area contributed by atoms with Gasteiger partial charge in [0.05, 0.1) is 17.8 Å². The molecule has 2 atom stereocenters. The number of hydrogen-bond donors (Lipinski definition) is 1. The summed E-state index contributed by atoms with van der Waals surface area (Å²) in [7, 11) is 1.65. The second-order valence-corrected chi connectivity index (χ2v) is 11.9. The van der Waals surface area contributed by atoms with Crippen molar-refractivity contribution >= 4 is 50.9 Å². The molecule has 2 aromatic carbocycles. The topological polar surface area (TPSA) is 51.6 Å². The number of benzene rings is 2. The van der Waals surface area contributed by atoms with Gasteiger partial charge in [0, 0.05) is 29.0 Å². The summed E-state index contributed by atoms with van der Waals surface area (Å²) < 4.78 is 10.9. The van der Waals surface area contributed by atoms with Crippen LogP contribution in [0.5, 0.6) is 5.75 Å². The van der Waals surface area contributed by atoms with Crippen molar-refractivity contribution in [2.24, 2.45) is 0 Å². The molecule has 182 valence electrons. The van der Waals surface area contributed by atoms with Gasteiger partial charge >= 0.3 is 0 Å². The number of nitrogens with zero attached hydrogens (tertiary/aromatic N) is 1. The lowest BCUT2D eigenvalue weighted by Crippen LogP contribution is -2.28. The molecular weight excluding hydrogens is 569 g/mol. The van der Waals surface area contributed by atoms with Gasteiger partial charge in [-0.15, -0.1) is 11.8 Å². The zero-order valence-electron chi connectivity index (χ0n) is 19.0. The van der Waals surface area contributed by atoms with E-state index in [4.69, 9.17) is 32.7 Å². The number of rotatable bonds is 9. The Kier molecular flexibility index (Phi) is 8.84. The largest absolute Gasteiger partial charge is 0.497 e. The normalized spacial score (nSPS) is 19.0. The van der Waals surface area contributed by atoms with Gasteiger partial charge in [-0.2, -0.15) is 0 Å². The Morgan fingerprint density at radius 1 is 1.03 bits per heavy atom. The van der Waals surface area contributed by atoms with Gasteiger partial charge in [0.25, 0.3) is 0 Å². The van der Waals surface area contributed by atoms with Crippen LogP contribution in [0.1, 0.15) is 29.3 Å². The maximum Gasteiger partial charge on any atom is 0.143 e. The number of pyridine rings is 1. The fourth-order valence-electron chi connectivity index (χ4n) is 3.67. The Hall–Kier alpha value is -1.96. The van der Waals surface area contributed by atoms with E-state index in [1.165, 1.54) is 0 Å². The van der Waals surface area contributed by atoms with Gasteiger partial charge in [-0.05, 0) is 35.4 Å². The predicted molar refractivity (Wildman–Crippen MR) is 147 cm³/mol. The molecule has 1 heterocycles. The molecule has 1 aliphatic rings. The minimum absolute atomic E-state index is 0.287. The standard InChI is InChI=1S/C27H24BrCl2NO3S/c1-33-20-12-10-19(11-13-20)17-35-27(28)15-21(29)23(25(32)22-9-5-6-14-31-22)24(30)26(27)34-16-18-7-3-2-4-8-18/h2-14,25,32H,15-17H2,1H3. The van der Waals surface area contributed by atoms with Crippen LogP contribution in [0.15, 0.2) is 100 Å². The van der Waals surface area contributed by atoms with E-state index in [9.17, 15) is 5.11 Å². The monoisotopic (exact) mass is 591 g/mol. The quantitative estimate of drug-likeness (QED) is 0.258. The highest BCUT2D eigenvalue weighted by Crippen LogP contribution is 2.55. The van der Waals surface area contributed by atoms with Crippen molar-refractivity contribution in [2.75, 3.05) is 7.11 Å². The number of thioether (sulfide) groups is 1.